The number of benzene rings is 1. The highest BCUT2D eigenvalue weighted by molar-refractivity contribution is 7.08. The first-order chi connectivity index (χ1) is 12.2. The van der Waals surface area contributed by atoms with E-state index in [2.05, 4.69) is 14.7 Å². The first kappa shape index (κ1) is 16.0. The highest BCUT2D eigenvalue weighted by atomic mass is 32.1. The molecular formula is C18H19N5OS. The van der Waals surface area contributed by atoms with Crippen LogP contribution in [0.5, 0.6) is 0 Å². The minimum absolute atomic E-state index is 0.0224. The van der Waals surface area contributed by atoms with E-state index < -0.39 is 0 Å². The van der Waals surface area contributed by atoms with Crippen LogP contribution in [0.1, 0.15) is 21.5 Å². The minimum atomic E-state index is -0.0662. The quantitative estimate of drug-likeness (QED) is 0.785. The molecule has 1 aliphatic rings. The second-order valence-corrected chi connectivity index (χ2v) is 6.86. The Morgan fingerprint density at radius 3 is 2.92 bits per heavy atom. The van der Waals surface area contributed by atoms with Crippen molar-refractivity contribution in [2.45, 2.75) is 6.04 Å². The van der Waals surface area contributed by atoms with Gasteiger partial charge in [-0.1, -0.05) is 30.3 Å². The first-order valence-corrected chi connectivity index (χ1v) is 9.02. The number of nitrogens with zero attached hydrogens (tertiary/aromatic N) is 4. The average Bonchev–Trinajstić information content (AvgIpc) is 3.31. The van der Waals surface area contributed by atoms with E-state index in [1.165, 1.54) is 11.5 Å². The molecule has 1 amide bonds. The lowest BCUT2D eigenvalue weighted by atomic mass is 10.1. The number of hydrogen-bond donors (Lipinski definition) is 1. The number of carbonyl (C=O) groups excluding carboxylic acids is 1. The van der Waals surface area contributed by atoms with Crippen LogP contribution in [0.2, 0.25) is 0 Å². The van der Waals surface area contributed by atoms with Gasteiger partial charge < -0.3 is 14.8 Å². The predicted octanol–water partition coefficient (Wildman–Crippen LogP) is 2.33. The van der Waals surface area contributed by atoms with E-state index in [1.807, 2.05) is 59.1 Å². The van der Waals surface area contributed by atoms with Gasteiger partial charge in [0.2, 0.25) is 0 Å². The van der Waals surface area contributed by atoms with Crippen molar-refractivity contribution in [3.63, 3.8) is 0 Å². The Labute approximate surface area is 150 Å². The van der Waals surface area contributed by atoms with Gasteiger partial charge in [-0.15, -0.1) is 0 Å². The number of hydrogen-bond acceptors (Lipinski definition) is 5. The van der Waals surface area contributed by atoms with Crippen molar-refractivity contribution in [3.8, 4) is 11.3 Å². The fourth-order valence-electron chi connectivity index (χ4n) is 3.14. The monoisotopic (exact) mass is 353 g/mol. The maximum absolute atomic E-state index is 13.1. The van der Waals surface area contributed by atoms with E-state index in [-0.39, 0.29) is 11.9 Å². The van der Waals surface area contributed by atoms with Crippen molar-refractivity contribution in [2.24, 2.45) is 7.05 Å². The molecule has 1 fully saturated rings. The second kappa shape index (κ2) is 6.78. The number of piperazine rings is 1. The average molecular weight is 353 g/mol. The number of amides is 1. The fourth-order valence-corrected chi connectivity index (χ4v) is 3.85. The van der Waals surface area contributed by atoms with Crippen LogP contribution in [0.15, 0.2) is 48.8 Å². The van der Waals surface area contributed by atoms with Crippen molar-refractivity contribution in [3.05, 3.63) is 59.5 Å². The number of imidazole rings is 1. The molecule has 0 bridgehead atoms. The van der Waals surface area contributed by atoms with Crippen LogP contribution >= 0.6 is 11.5 Å². The van der Waals surface area contributed by atoms with Gasteiger partial charge in [0, 0.05) is 44.6 Å². The van der Waals surface area contributed by atoms with Crippen molar-refractivity contribution < 1.29 is 4.79 Å². The summed E-state index contributed by atoms with van der Waals surface area (Å²) in [6.45, 7) is 2.16. The number of aromatic nitrogens is 3. The number of nitrogens with one attached hydrogen (secondary N) is 1. The largest absolute Gasteiger partial charge is 0.336 e. The summed E-state index contributed by atoms with van der Waals surface area (Å²) in [5, 5.41) is 3.36. The SMILES string of the molecule is Cn1ccnc1C1CNCCN1C(=O)c1cc(-c2ccccc2)ns1. The van der Waals surface area contributed by atoms with Gasteiger partial charge in [0.25, 0.3) is 5.91 Å². The van der Waals surface area contributed by atoms with Gasteiger partial charge in [0.15, 0.2) is 0 Å². The van der Waals surface area contributed by atoms with E-state index in [4.69, 9.17) is 0 Å². The number of carbonyl (C=O) groups is 1. The molecule has 1 atom stereocenters. The molecule has 4 rings (SSSR count). The van der Waals surface area contributed by atoms with Crippen LogP contribution in [-0.4, -0.2) is 44.4 Å². The van der Waals surface area contributed by atoms with Crippen molar-refractivity contribution in [1.82, 2.24) is 24.1 Å². The molecule has 2 aromatic heterocycles. The van der Waals surface area contributed by atoms with Crippen LogP contribution in [0.3, 0.4) is 0 Å². The summed E-state index contributed by atoms with van der Waals surface area (Å²) in [7, 11) is 1.96. The Balaban J connectivity index is 1.61. The summed E-state index contributed by atoms with van der Waals surface area (Å²) >= 11 is 1.26. The minimum Gasteiger partial charge on any atom is -0.336 e. The van der Waals surface area contributed by atoms with Crippen LogP contribution < -0.4 is 5.32 Å². The Morgan fingerprint density at radius 1 is 1.32 bits per heavy atom. The van der Waals surface area contributed by atoms with Gasteiger partial charge in [0.1, 0.15) is 16.7 Å². The van der Waals surface area contributed by atoms with Gasteiger partial charge in [-0.3, -0.25) is 4.79 Å². The summed E-state index contributed by atoms with van der Waals surface area (Å²) in [5.74, 6) is 0.919. The standard InChI is InChI=1S/C18H19N5OS/c1-22-9-8-20-17(22)15-12-19-7-10-23(15)18(24)16-11-14(21-25-16)13-5-3-2-4-6-13/h2-6,8-9,11,15,19H,7,10,12H2,1H3. The fraction of sp³-hybridized carbons (Fsp3) is 0.278. The number of rotatable bonds is 3. The molecule has 1 saturated heterocycles. The lowest BCUT2D eigenvalue weighted by Gasteiger charge is -2.35. The Morgan fingerprint density at radius 2 is 2.16 bits per heavy atom. The highest BCUT2D eigenvalue weighted by Crippen LogP contribution is 2.27. The predicted molar refractivity (Wildman–Crippen MR) is 97.4 cm³/mol. The summed E-state index contributed by atoms with van der Waals surface area (Å²) in [6, 6.07) is 11.8. The Bertz CT molecular complexity index is 872. The van der Waals surface area contributed by atoms with Crippen LogP contribution in [0.25, 0.3) is 11.3 Å². The van der Waals surface area contributed by atoms with Gasteiger partial charge in [0.05, 0.1) is 5.69 Å². The normalized spacial score (nSPS) is 17.6. The third-order valence-electron chi connectivity index (χ3n) is 4.45. The highest BCUT2D eigenvalue weighted by Gasteiger charge is 2.32. The lowest BCUT2D eigenvalue weighted by Crippen LogP contribution is -2.49. The molecule has 3 aromatic rings. The molecule has 128 valence electrons. The van der Waals surface area contributed by atoms with E-state index in [9.17, 15) is 4.79 Å². The van der Waals surface area contributed by atoms with Gasteiger partial charge in [-0.25, -0.2) is 4.98 Å². The second-order valence-electron chi connectivity index (χ2n) is 6.06. The van der Waals surface area contributed by atoms with Gasteiger partial charge >= 0.3 is 0 Å². The number of aryl methyl sites for hydroxylation is 1. The van der Waals surface area contributed by atoms with Gasteiger partial charge in [-0.05, 0) is 17.6 Å². The molecule has 1 unspecified atom stereocenters. The molecule has 0 radical (unpaired) electrons. The zero-order valence-corrected chi connectivity index (χ0v) is 14.7. The molecule has 3 heterocycles. The Hall–Kier alpha value is -2.51. The zero-order valence-electron chi connectivity index (χ0n) is 13.9. The molecule has 0 saturated carbocycles. The molecule has 1 N–H and O–H groups in total. The lowest BCUT2D eigenvalue weighted by molar-refractivity contribution is 0.0626. The van der Waals surface area contributed by atoms with Crippen LogP contribution in [-0.2, 0) is 7.05 Å². The molecule has 0 aliphatic carbocycles. The van der Waals surface area contributed by atoms with Gasteiger partial charge in [-0.2, -0.15) is 4.37 Å². The molecule has 1 aromatic carbocycles. The maximum Gasteiger partial charge on any atom is 0.266 e. The third kappa shape index (κ3) is 3.08. The van der Waals surface area contributed by atoms with E-state index in [1.54, 1.807) is 6.20 Å². The molecular weight excluding hydrogens is 334 g/mol. The summed E-state index contributed by atoms with van der Waals surface area (Å²) in [4.78, 5) is 20.1. The first-order valence-electron chi connectivity index (χ1n) is 8.25. The van der Waals surface area contributed by atoms with Crippen LogP contribution in [0.4, 0.5) is 0 Å². The molecule has 0 spiro atoms. The smallest absolute Gasteiger partial charge is 0.266 e. The molecule has 25 heavy (non-hydrogen) atoms. The van der Waals surface area contributed by atoms with E-state index >= 15 is 0 Å². The molecule has 6 nitrogen and oxygen atoms in total. The van der Waals surface area contributed by atoms with Crippen LogP contribution in [0, 0.1) is 0 Å². The summed E-state index contributed by atoms with van der Waals surface area (Å²) in [5.41, 5.74) is 1.87. The maximum atomic E-state index is 13.1. The van der Waals surface area contributed by atoms with Crippen molar-refractivity contribution in [1.29, 1.82) is 0 Å². The Kier molecular flexibility index (Phi) is 4.33. The van der Waals surface area contributed by atoms with E-state index in [0.29, 0.717) is 18.0 Å². The molecule has 1 aliphatic heterocycles. The zero-order chi connectivity index (χ0) is 17.2. The molecule has 7 heteroatoms. The van der Waals surface area contributed by atoms with Crippen molar-refractivity contribution in [2.75, 3.05) is 19.6 Å². The summed E-state index contributed by atoms with van der Waals surface area (Å²) < 4.78 is 6.44. The topological polar surface area (TPSA) is 63.1 Å². The van der Waals surface area contributed by atoms with Crippen molar-refractivity contribution >= 4 is 17.4 Å². The summed E-state index contributed by atoms with van der Waals surface area (Å²) in [6.07, 6.45) is 3.68. The van der Waals surface area contributed by atoms with E-state index in [0.717, 1.165) is 23.6 Å². The third-order valence-corrected chi connectivity index (χ3v) is 5.23.